The van der Waals surface area contributed by atoms with E-state index in [0.717, 1.165) is 23.7 Å². The van der Waals surface area contributed by atoms with Crippen LogP contribution in [0.3, 0.4) is 0 Å². The first-order chi connectivity index (χ1) is 6.74. The molecule has 0 aliphatic heterocycles. The number of ether oxygens (including phenoxy) is 1. The third kappa shape index (κ3) is 3.60. The second-order valence-electron chi connectivity index (χ2n) is 3.20. The zero-order chi connectivity index (χ0) is 10.4. The Morgan fingerprint density at radius 2 is 2.29 bits per heavy atom. The summed E-state index contributed by atoms with van der Waals surface area (Å²) in [5.74, 6) is 1.93. The van der Waals surface area contributed by atoms with Gasteiger partial charge in [-0.3, -0.25) is 0 Å². The van der Waals surface area contributed by atoms with Gasteiger partial charge in [-0.25, -0.2) is 0 Å². The third-order valence-electron chi connectivity index (χ3n) is 1.94. The molecule has 0 saturated heterocycles. The lowest BCUT2D eigenvalue weighted by atomic mass is 10.1. The highest BCUT2D eigenvalue weighted by atomic mass is 32.2. The Labute approximate surface area is 89.8 Å². The second kappa shape index (κ2) is 5.94. The maximum Gasteiger partial charge on any atom is 0.119 e. The third-order valence-corrected chi connectivity index (χ3v) is 2.51. The minimum absolute atomic E-state index is 0.0686. The summed E-state index contributed by atoms with van der Waals surface area (Å²) >= 11 is 1.78. The highest BCUT2D eigenvalue weighted by molar-refractivity contribution is 7.98. The van der Waals surface area contributed by atoms with Crippen LogP contribution in [0.1, 0.15) is 18.5 Å². The summed E-state index contributed by atoms with van der Waals surface area (Å²) in [4.78, 5) is 0. The Hall–Kier alpha value is -0.670. The van der Waals surface area contributed by atoms with E-state index < -0.39 is 0 Å². The first-order valence-electron chi connectivity index (χ1n) is 4.71. The molecule has 1 atom stereocenters. The quantitative estimate of drug-likeness (QED) is 0.760. The highest BCUT2D eigenvalue weighted by Gasteiger charge is 2.00. The number of nitrogens with two attached hydrogens (primary N) is 1. The largest absolute Gasteiger partial charge is 0.493 e. The summed E-state index contributed by atoms with van der Waals surface area (Å²) in [7, 11) is 0. The Bertz CT molecular complexity index is 276. The molecule has 0 aliphatic rings. The Morgan fingerprint density at radius 1 is 1.50 bits per heavy atom. The predicted molar refractivity (Wildman–Crippen MR) is 62.9 cm³/mol. The number of hydrogen-bond donors (Lipinski definition) is 1. The van der Waals surface area contributed by atoms with Crippen molar-refractivity contribution in [1.29, 1.82) is 0 Å². The van der Waals surface area contributed by atoms with E-state index >= 15 is 0 Å². The lowest BCUT2D eigenvalue weighted by Crippen LogP contribution is -2.05. The number of rotatable bonds is 5. The van der Waals surface area contributed by atoms with Crippen LogP contribution in [0.2, 0.25) is 0 Å². The van der Waals surface area contributed by atoms with Gasteiger partial charge in [-0.15, -0.1) is 0 Å². The molecule has 0 aliphatic carbocycles. The Kier molecular flexibility index (Phi) is 4.84. The molecular formula is C11H17NOS. The van der Waals surface area contributed by atoms with Gasteiger partial charge in [-0.2, -0.15) is 11.8 Å². The van der Waals surface area contributed by atoms with Crippen molar-refractivity contribution in [3.8, 4) is 5.75 Å². The van der Waals surface area contributed by atoms with Crippen LogP contribution in [-0.4, -0.2) is 18.6 Å². The molecule has 3 heteroatoms. The molecule has 0 aromatic heterocycles. The lowest BCUT2D eigenvalue weighted by molar-refractivity contribution is 0.343. The lowest BCUT2D eigenvalue weighted by Gasteiger charge is -2.09. The summed E-state index contributed by atoms with van der Waals surface area (Å²) in [6.07, 6.45) is 2.07. The van der Waals surface area contributed by atoms with E-state index in [2.05, 4.69) is 6.26 Å². The van der Waals surface area contributed by atoms with E-state index in [1.165, 1.54) is 0 Å². The van der Waals surface area contributed by atoms with Crippen LogP contribution < -0.4 is 10.5 Å². The summed E-state index contributed by atoms with van der Waals surface area (Å²) in [5, 5.41) is 0. The van der Waals surface area contributed by atoms with E-state index in [1.54, 1.807) is 11.8 Å². The summed E-state index contributed by atoms with van der Waals surface area (Å²) in [6, 6.07) is 8.04. The molecule has 0 fully saturated rings. The number of thioether (sulfide) groups is 1. The molecule has 0 heterocycles. The van der Waals surface area contributed by atoms with Gasteiger partial charge in [0.15, 0.2) is 0 Å². The first-order valence-corrected chi connectivity index (χ1v) is 6.10. The van der Waals surface area contributed by atoms with Crippen molar-refractivity contribution in [3.05, 3.63) is 29.8 Å². The molecule has 1 aromatic carbocycles. The molecule has 0 amide bonds. The summed E-state index contributed by atoms with van der Waals surface area (Å²) < 4.78 is 5.56. The van der Waals surface area contributed by atoms with Gasteiger partial charge in [0, 0.05) is 11.8 Å². The van der Waals surface area contributed by atoms with E-state index in [1.807, 2.05) is 31.2 Å². The molecule has 1 aromatic rings. The fourth-order valence-electron chi connectivity index (χ4n) is 1.13. The van der Waals surface area contributed by atoms with Gasteiger partial charge in [0.1, 0.15) is 5.75 Å². The zero-order valence-electron chi connectivity index (χ0n) is 8.69. The van der Waals surface area contributed by atoms with Crippen molar-refractivity contribution >= 4 is 11.8 Å². The van der Waals surface area contributed by atoms with Gasteiger partial charge in [-0.1, -0.05) is 12.1 Å². The van der Waals surface area contributed by atoms with Gasteiger partial charge in [0.25, 0.3) is 0 Å². The van der Waals surface area contributed by atoms with Crippen LogP contribution >= 0.6 is 11.8 Å². The van der Waals surface area contributed by atoms with Gasteiger partial charge in [-0.05, 0) is 30.9 Å². The standard InChI is InChI=1S/C11H17NOS/c1-9(12)10-4-3-5-11(8-10)13-6-7-14-2/h3-5,8-9H,6-7,12H2,1-2H3. The molecule has 0 bridgehead atoms. The van der Waals surface area contributed by atoms with Gasteiger partial charge < -0.3 is 10.5 Å². The minimum atomic E-state index is 0.0686. The zero-order valence-corrected chi connectivity index (χ0v) is 9.51. The van der Waals surface area contributed by atoms with E-state index in [9.17, 15) is 0 Å². The van der Waals surface area contributed by atoms with Gasteiger partial charge >= 0.3 is 0 Å². The van der Waals surface area contributed by atoms with Crippen molar-refractivity contribution in [2.24, 2.45) is 5.73 Å². The first kappa shape index (κ1) is 11.4. The molecule has 14 heavy (non-hydrogen) atoms. The summed E-state index contributed by atoms with van der Waals surface area (Å²) in [6.45, 7) is 2.73. The Morgan fingerprint density at radius 3 is 2.93 bits per heavy atom. The second-order valence-corrected chi connectivity index (χ2v) is 4.19. The van der Waals surface area contributed by atoms with Crippen molar-refractivity contribution < 1.29 is 4.74 Å². The fraction of sp³-hybridized carbons (Fsp3) is 0.455. The molecule has 2 nitrogen and oxygen atoms in total. The highest BCUT2D eigenvalue weighted by Crippen LogP contribution is 2.17. The molecule has 78 valence electrons. The maximum atomic E-state index is 5.78. The number of hydrogen-bond acceptors (Lipinski definition) is 3. The van der Waals surface area contributed by atoms with Crippen LogP contribution in [0.25, 0.3) is 0 Å². The molecule has 0 saturated carbocycles. The summed E-state index contributed by atoms with van der Waals surface area (Å²) in [5.41, 5.74) is 6.90. The van der Waals surface area contributed by atoms with Gasteiger partial charge in [0.2, 0.25) is 0 Å². The smallest absolute Gasteiger partial charge is 0.119 e. The van der Waals surface area contributed by atoms with Crippen LogP contribution in [-0.2, 0) is 0 Å². The molecule has 1 unspecified atom stereocenters. The average molecular weight is 211 g/mol. The Balaban J connectivity index is 2.55. The molecule has 2 N–H and O–H groups in total. The van der Waals surface area contributed by atoms with Crippen LogP contribution in [0.4, 0.5) is 0 Å². The van der Waals surface area contributed by atoms with E-state index in [0.29, 0.717) is 0 Å². The normalized spacial score (nSPS) is 12.5. The predicted octanol–water partition coefficient (Wildman–Crippen LogP) is 2.45. The monoisotopic (exact) mass is 211 g/mol. The van der Waals surface area contributed by atoms with E-state index in [-0.39, 0.29) is 6.04 Å². The minimum Gasteiger partial charge on any atom is -0.493 e. The number of benzene rings is 1. The van der Waals surface area contributed by atoms with E-state index in [4.69, 9.17) is 10.5 Å². The molecular weight excluding hydrogens is 194 g/mol. The van der Waals surface area contributed by atoms with Crippen molar-refractivity contribution in [3.63, 3.8) is 0 Å². The SMILES string of the molecule is CSCCOc1cccc(C(C)N)c1. The van der Waals surface area contributed by atoms with Crippen LogP contribution in [0, 0.1) is 0 Å². The molecule has 1 rings (SSSR count). The average Bonchev–Trinajstić information content (AvgIpc) is 2.19. The molecule has 0 radical (unpaired) electrons. The fourth-order valence-corrected chi connectivity index (χ4v) is 1.38. The van der Waals surface area contributed by atoms with Crippen molar-refractivity contribution in [1.82, 2.24) is 0 Å². The van der Waals surface area contributed by atoms with Crippen LogP contribution in [0.5, 0.6) is 5.75 Å². The van der Waals surface area contributed by atoms with Crippen molar-refractivity contribution in [2.45, 2.75) is 13.0 Å². The maximum absolute atomic E-state index is 5.78. The molecule has 0 spiro atoms. The van der Waals surface area contributed by atoms with Crippen LogP contribution in [0.15, 0.2) is 24.3 Å². The van der Waals surface area contributed by atoms with Gasteiger partial charge in [0.05, 0.1) is 6.61 Å². The topological polar surface area (TPSA) is 35.2 Å². The van der Waals surface area contributed by atoms with Crippen molar-refractivity contribution in [2.75, 3.05) is 18.6 Å².